The van der Waals surface area contributed by atoms with Crippen molar-refractivity contribution in [3.05, 3.63) is 71.2 Å². The highest BCUT2D eigenvalue weighted by atomic mass is 16.3. The van der Waals surface area contributed by atoms with E-state index < -0.39 is 0 Å². The number of Topliss-reactive ketones (excluding diaryl/α,β-unsaturated/α-hetero) is 1. The minimum atomic E-state index is 0.0145. The van der Waals surface area contributed by atoms with Crippen LogP contribution in [0.5, 0.6) is 0 Å². The van der Waals surface area contributed by atoms with Gasteiger partial charge in [0.1, 0.15) is 0 Å². The van der Waals surface area contributed by atoms with Crippen LogP contribution in [0.25, 0.3) is 0 Å². The van der Waals surface area contributed by atoms with Crippen LogP contribution < -0.4 is 5.32 Å². The van der Waals surface area contributed by atoms with Gasteiger partial charge in [-0.2, -0.15) is 0 Å². The van der Waals surface area contributed by atoms with Crippen LogP contribution in [0, 0.1) is 23.7 Å². The van der Waals surface area contributed by atoms with E-state index in [1.54, 1.807) is 12.1 Å². The smallest absolute Gasteiger partial charge is 0.223 e. The van der Waals surface area contributed by atoms with Gasteiger partial charge in [-0.3, -0.25) is 4.79 Å². The molecular formula is C22H21NO2. The molecule has 1 aliphatic heterocycles. The zero-order valence-electron chi connectivity index (χ0n) is 14.1. The molecule has 25 heavy (non-hydrogen) atoms. The largest absolute Gasteiger partial charge is 0.444 e. The molecule has 2 aliphatic rings. The van der Waals surface area contributed by atoms with E-state index in [4.69, 9.17) is 4.42 Å². The second-order valence-corrected chi connectivity index (χ2v) is 6.79. The quantitative estimate of drug-likeness (QED) is 0.672. The van der Waals surface area contributed by atoms with Crippen LogP contribution in [0.3, 0.4) is 0 Å². The van der Waals surface area contributed by atoms with Crippen molar-refractivity contribution < 1.29 is 9.21 Å². The molecule has 0 bridgehead atoms. The van der Waals surface area contributed by atoms with Gasteiger partial charge in [-0.1, -0.05) is 30.2 Å². The summed E-state index contributed by atoms with van der Waals surface area (Å²) in [5.74, 6) is 8.36. The number of hydrogen-bond donors (Lipinski definition) is 1. The van der Waals surface area contributed by atoms with Crippen LogP contribution in [-0.2, 0) is 0 Å². The number of carbonyl (C=O) groups excluding carboxylic acids is 1. The number of benzene rings is 1. The summed E-state index contributed by atoms with van der Waals surface area (Å²) in [5, 5.41) is 3.45. The Morgan fingerprint density at radius 1 is 1.04 bits per heavy atom. The SMILES string of the molecule is O=C(C1=CCC2CNCC2CC1)c1ccc(C#Cc2ccccc2)o1. The Hall–Kier alpha value is -2.57. The molecule has 1 fully saturated rings. The average Bonchev–Trinajstić information content (AvgIpc) is 3.26. The third kappa shape index (κ3) is 3.60. The first-order valence-electron chi connectivity index (χ1n) is 8.91. The number of hydrogen-bond acceptors (Lipinski definition) is 3. The summed E-state index contributed by atoms with van der Waals surface area (Å²) in [6.07, 6.45) is 5.03. The third-order valence-electron chi connectivity index (χ3n) is 5.16. The zero-order chi connectivity index (χ0) is 17.1. The van der Waals surface area contributed by atoms with Gasteiger partial charge >= 0.3 is 0 Å². The number of allylic oxidation sites excluding steroid dienone is 2. The Kier molecular flexibility index (Phi) is 4.54. The molecule has 2 aromatic rings. The van der Waals surface area contributed by atoms with Gasteiger partial charge in [-0.15, -0.1) is 0 Å². The fourth-order valence-corrected chi connectivity index (χ4v) is 3.68. The van der Waals surface area contributed by atoms with E-state index in [1.807, 2.05) is 30.3 Å². The number of carbonyl (C=O) groups is 1. The lowest BCUT2D eigenvalue weighted by atomic mass is 9.91. The number of ketones is 1. The van der Waals surface area contributed by atoms with E-state index in [9.17, 15) is 4.79 Å². The van der Waals surface area contributed by atoms with Gasteiger partial charge < -0.3 is 9.73 Å². The number of fused-ring (bicyclic) bond motifs is 1. The second-order valence-electron chi connectivity index (χ2n) is 6.79. The van der Waals surface area contributed by atoms with Gasteiger partial charge in [0, 0.05) is 5.56 Å². The molecule has 0 spiro atoms. The van der Waals surface area contributed by atoms with E-state index in [2.05, 4.69) is 23.2 Å². The van der Waals surface area contributed by atoms with Gasteiger partial charge in [-0.25, -0.2) is 0 Å². The third-order valence-corrected chi connectivity index (χ3v) is 5.16. The topological polar surface area (TPSA) is 42.2 Å². The molecule has 3 heteroatoms. The molecule has 126 valence electrons. The van der Waals surface area contributed by atoms with Crippen LogP contribution >= 0.6 is 0 Å². The lowest BCUT2D eigenvalue weighted by Crippen LogP contribution is -2.10. The van der Waals surface area contributed by atoms with Crippen molar-refractivity contribution >= 4 is 5.78 Å². The Morgan fingerprint density at radius 3 is 2.76 bits per heavy atom. The minimum Gasteiger partial charge on any atom is -0.444 e. The van der Waals surface area contributed by atoms with Gasteiger partial charge in [-0.05, 0) is 79.9 Å². The van der Waals surface area contributed by atoms with Crippen molar-refractivity contribution in [2.75, 3.05) is 13.1 Å². The lowest BCUT2D eigenvalue weighted by molar-refractivity contribution is 0.0999. The maximum Gasteiger partial charge on any atom is 0.223 e. The number of rotatable bonds is 2. The number of furan rings is 1. The summed E-state index contributed by atoms with van der Waals surface area (Å²) >= 11 is 0. The monoisotopic (exact) mass is 331 g/mol. The molecule has 3 nitrogen and oxygen atoms in total. The highest BCUT2D eigenvalue weighted by molar-refractivity contribution is 6.06. The fraction of sp³-hybridized carbons (Fsp3) is 0.318. The van der Waals surface area contributed by atoms with Crippen molar-refractivity contribution in [3.8, 4) is 11.8 Å². The summed E-state index contributed by atoms with van der Waals surface area (Å²) in [6, 6.07) is 13.3. The molecule has 1 aromatic heterocycles. The molecule has 2 atom stereocenters. The van der Waals surface area contributed by atoms with Crippen LogP contribution in [0.15, 0.2) is 58.5 Å². The molecule has 0 radical (unpaired) electrons. The molecule has 1 aromatic carbocycles. The maximum atomic E-state index is 12.7. The first-order valence-corrected chi connectivity index (χ1v) is 8.91. The molecule has 2 unspecified atom stereocenters. The fourth-order valence-electron chi connectivity index (χ4n) is 3.68. The first kappa shape index (κ1) is 15.9. The van der Waals surface area contributed by atoms with Crippen LogP contribution in [0.4, 0.5) is 0 Å². The molecule has 1 N–H and O–H groups in total. The summed E-state index contributed by atoms with van der Waals surface area (Å²) in [5.41, 5.74) is 1.82. The highest BCUT2D eigenvalue weighted by Gasteiger charge is 2.29. The van der Waals surface area contributed by atoms with Crippen molar-refractivity contribution in [3.63, 3.8) is 0 Å². The Bertz CT molecular complexity index is 851. The van der Waals surface area contributed by atoms with Crippen molar-refractivity contribution in [2.24, 2.45) is 11.8 Å². The number of nitrogens with one attached hydrogen (secondary N) is 1. The Balaban J connectivity index is 1.47. The minimum absolute atomic E-state index is 0.0145. The van der Waals surface area contributed by atoms with Crippen LogP contribution in [-0.4, -0.2) is 18.9 Å². The van der Waals surface area contributed by atoms with Gasteiger partial charge in [0.2, 0.25) is 5.78 Å². The van der Waals surface area contributed by atoms with Gasteiger partial charge in [0.15, 0.2) is 11.5 Å². The predicted octanol–water partition coefficient (Wildman–Crippen LogP) is 3.81. The summed E-state index contributed by atoms with van der Waals surface area (Å²) in [6.45, 7) is 2.16. The molecule has 0 amide bonds. The second kappa shape index (κ2) is 7.13. The highest BCUT2D eigenvalue weighted by Crippen LogP contribution is 2.31. The van der Waals surface area contributed by atoms with Crippen molar-refractivity contribution in [2.45, 2.75) is 19.3 Å². The molecule has 0 saturated carbocycles. The summed E-state index contributed by atoms with van der Waals surface area (Å²) in [4.78, 5) is 12.7. The van der Waals surface area contributed by atoms with E-state index >= 15 is 0 Å². The van der Waals surface area contributed by atoms with Gasteiger partial charge in [0.05, 0.1) is 0 Å². The molecule has 1 saturated heterocycles. The van der Waals surface area contributed by atoms with E-state index in [1.165, 1.54) is 0 Å². The predicted molar refractivity (Wildman–Crippen MR) is 97.2 cm³/mol. The molecule has 4 rings (SSSR count). The van der Waals surface area contributed by atoms with Crippen LogP contribution in [0.2, 0.25) is 0 Å². The van der Waals surface area contributed by atoms with Crippen molar-refractivity contribution in [1.29, 1.82) is 0 Å². The average molecular weight is 331 g/mol. The van der Waals surface area contributed by atoms with E-state index in [0.717, 1.165) is 43.5 Å². The molecule has 1 aliphatic carbocycles. The summed E-state index contributed by atoms with van der Waals surface area (Å²) in [7, 11) is 0. The van der Waals surface area contributed by atoms with E-state index in [-0.39, 0.29) is 5.78 Å². The first-order chi connectivity index (χ1) is 12.3. The standard InChI is InChI=1S/C22H21NO2/c24-22(17-7-9-18-14-23-15-19(18)10-8-17)21-13-12-20(25-21)11-6-16-4-2-1-3-5-16/h1-5,7,12-13,18-19,23H,8-10,14-15H2. The van der Waals surface area contributed by atoms with E-state index in [0.29, 0.717) is 23.4 Å². The van der Waals surface area contributed by atoms with Gasteiger partial charge in [0.25, 0.3) is 0 Å². The van der Waals surface area contributed by atoms with Crippen LogP contribution in [0.1, 0.15) is 41.1 Å². The lowest BCUT2D eigenvalue weighted by Gasteiger charge is -2.12. The Labute approximate surface area is 148 Å². The summed E-state index contributed by atoms with van der Waals surface area (Å²) < 4.78 is 5.68. The zero-order valence-corrected chi connectivity index (χ0v) is 14.1. The van der Waals surface area contributed by atoms with Crippen molar-refractivity contribution in [1.82, 2.24) is 5.32 Å². The Morgan fingerprint density at radius 2 is 1.88 bits per heavy atom. The molecule has 2 heterocycles. The normalized spacial score (nSPS) is 22.3. The molecular weight excluding hydrogens is 310 g/mol. The maximum absolute atomic E-state index is 12.7.